The molecule has 4 aromatic carbocycles. The Bertz CT molecular complexity index is 2090. The maximum absolute atomic E-state index is 14.7. The minimum Gasteiger partial charge on any atom is -0.872 e. The molecule has 290 valence electrons. The van der Waals surface area contributed by atoms with Crippen LogP contribution in [0.1, 0.15) is 99.3 Å². The van der Waals surface area contributed by atoms with Crippen molar-refractivity contribution in [1.82, 2.24) is 4.98 Å². The number of hydrogen-bond donors (Lipinski definition) is 0. The van der Waals surface area contributed by atoms with E-state index in [4.69, 9.17) is 4.98 Å². The summed E-state index contributed by atoms with van der Waals surface area (Å²) in [6, 6.07) is 31.6. The third kappa shape index (κ3) is 6.59. The molecule has 8 aliphatic rings. The molecule has 4 heteroatoms. The number of benzene rings is 4. The van der Waals surface area contributed by atoms with E-state index in [2.05, 4.69) is 105 Å². The monoisotopic (exact) mass is 919 g/mol. The summed E-state index contributed by atoms with van der Waals surface area (Å²) in [5, 5.41) is 29.5. The molecular weight excluding hydrogens is 861 g/mol. The Labute approximate surface area is 360 Å². The molecule has 0 atom stereocenters. The molecule has 0 aliphatic heterocycles. The van der Waals surface area contributed by atoms with E-state index in [9.17, 15) is 10.2 Å². The van der Waals surface area contributed by atoms with E-state index >= 15 is 0 Å². The summed E-state index contributed by atoms with van der Waals surface area (Å²) < 4.78 is 0. The molecule has 0 unspecified atom stereocenters. The second-order valence-electron chi connectivity index (χ2n) is 19.3. The van der Waals surface area contributed by atoms with Crippen LogP contribution in [0.25, 0.3) is 44.8 Å². The van der Waals surface area contributed by atoms with Gasteiger partial charge in [0, 0.05) is 11.1 Å². The van der Waals surface area contributed by atoms with Crippen molar-refractivity contribution in [3.63, 3.8) is 0 Å². The SMILES string of the molecule is Cc1cc(-c2ccccc2-c2cccc(-c3ccccc3-c3cc(C)cc(C45CC6CC(CC(C6)C4)C5)c3[O-])n2)c([O-])c(C23CC4CC(CC(C4)C2)C3)c1.[CH3-].[CH3-].[Hf+4]. The molecule has 57 heavy (non-hydrogen) atoms. The van der Waals surface area contributed by atoms with E-state index in [-0.39, 0.29) is 63.0 Å². The molecule has 1 heterocycles. The van der Waals surface area contributed by atoms with Crippen molar-refractivity contribution in [2.75, 3.05) is 0 Å². The Morgan fingerprint density at radius 1 is 0.439 bits per heavy atom. The van der Waals surface area contributed by atoms with Gasteiger partial charge in [-0.05, 0) is 183 Å². The van der Waals surface area contributed by atoms with Crippen molar-refractivity contribution in [1.29, 1.82) is 0 Å². The van der Waals surface area contributed by atoms with Crippen LogP contribution in [0.5, 0.6) is 11.5 Å². The van der Waals surface area contributed by atoms with Gasteiger partial charge < -0.3 is 25.1 Å². The number of nitrogens with zero attached hydrogens (tertiary/aromatic N) is 1. The zero-order valence-corrected chi connectivity index (χ0v) is 38.0. The predicted molar refractivity (Wildman–Crippen MR) is 227 cm³/mol. The van der Waals surface area contributed by atoms with Crippen molar-refractivity contribution in [3.8, 4) is 56.3 Å². The van der Waals surface area contributed by atoms with Crippen LogP contribution in [0.2, 0.25) is 0 Å². The van der Waals surface area contributed by atoms with Crippen LogP contribution in [0.4, 0.5) is 0 Å². The molecule has 0 amide bonds. The van der Waals surface area contributed by atoms with Crippen LogP contribution in [0, 0.1) is 64.2 Å². The molecule has 0 N–H and O–H groups in total. The first-order valence-electron chi connectivity index (χ1n) is 21.0. The normalized spacial score (nSPS) is 30.0. The summed E-state index contributed by atoms with van der Waals surface area (Å²) in [4.78, 5) is 5.34. The zero-order valence-electron chi connectivity index (χ0n) is 34.4. The maximum atomic E-state index is 14.7. The summed E-state index contributed by atoms with van der Waals surface area (Å²) in [6.07, 6.45) is 15.3. The van der Waals surface area contributed by atoms with Gasteiger partial charge in [0.2, 0.25) is 0 Å². The topological polar surface area (TPSA) is 59.0 Å². The van der Waals surface area contributed by atoms with Crippen LogP contribution in [0.15, 0.2) is 91.0 Å². The van der Waals surface area contributed by atoms with E-state index < -0.39 is 0 Å². The maximum Gasteiger partial charge on any atom is 4.00 e. The average Bonchev–Trinajstić information content (AvgIpc) is 3.15. The predicted octanol–water partition coefficient (Wildman–Crippen LogP) is 12.3. The van der Waals surface area contributed by atoms with Gasteiger partial charge in [-0.25, -0.2) is 4.98 Å². The van der Waals surface area contributed by atoms with Gasteiger partial charge in [0.25, 0.3) is 0 Å². The third-order valence-electron chi connectivity index (χ3n) is 15.4. The molecule has 13 rings (SSSR count). The van der Waals surface area contributed by atoms with E-state index in [1.165, 1.54) is 88.2 Å². The van der Waals surface area contributed by atoms with Gasteiger partial charge in [0.1, 0.15) is 0 Å². The molecular formula is C53H57HfNO2. The standard InChI is InChI=1S/C51H53NO2.2CH3.Hf/c1-30-14-42(48(53)44(16-30)50-24-32-18-33(25-50)20-34(19-32)26-50)38-8-3-5-10-40(38)46-12-7-13-47(52-46)41-11-6-4-9-39(41)43-15-31(2)17-45(49(43)54)51-27-35-21-36(28-51)23-37(22-35)29-51;;;/h3-17,32-37,53-54H,18-29H2,1-2H3;2*1H3;/q;2*-1;+4/p-2. The fourth-order valence-electron chi connectivity index (χ4n) is 14.2. The van der Waals surface area contributed by atoms with E-state index in [0.717, 1.165) is 91.4 Å². The minimum atomic E-state index is 0. The minimum absolute atomic E-state index is 0. The van der Waals surface area contributed by atoms with Crippen molar-refractivity contribution < 1.29 is 36.1 Å². The Balaban J connectivity index is 0.00000152. The second kappa shape index (κ2) is 15.0. The quantitative estimate of drug-likeness (QED) is 0.126. The molecule has 0 spiro atoms. The number of aryl methyl sites for hydroxylation is 2. The fourth-order valence-corrected chi connectivity index (χ4v) is 14.2. The summed E-state index contributed by atoms with van der Waals surface area (Å²) in [6.45, 7) is 4.32. The summed E-state index contributed by atoms with van der Waals surface area (Å²) in [7, 11) is 0. The van der Waals surface area contributed by atoms with Gasteiger partial charge in [-0.3, -0.25) is 0 Å². The summed E-state index contributed by atoms with van der Waals surface area (Å²) >= 11 is 0. The Morgan fingerprint density at radius 2 is 0.754 bits per heavy atom. The van der Waals surface area contributed by atoms with Crippen LogP contribution in [0.3, 0.4) is 0 Å². The summed E-state index contributed by atoms with van der Waals surface area (Å²) in [5.74, 6) is 5.12. The largest absolute Gasteiger partial charge is 4.00 e. The number of aromatic nitrogens is 1. The first kappa shape index (κ1) is 40.3. The Kier molecular flexibility index (Phi) is 10.6. The molecule has 0 radical (unpaired) electrons. The first-order valence-corrected chi connectivity index (χ1v) is 21.0. The van der Waals surface area contributed by atoms with Crippen molar-refractivity contribution in [2.24, 2.45) is 35.5 Å². The van der Waals surface area contributed by atoms with Crippen molar-refractivity contribution in [2.45, 2.75) is 102 Å². The molecule has 5 aromatic rings. The number of pyridine rings is 1. The summed E-state index contributed by atoms with van der Waals surface area (Å²) in [5.41, 5.74) is 11.7. The molecule has 8 aliphatic carbocycles. The van der Waals surface area contributed by atoms with Crippen molar-refractivity contribution in [3.05, 3.63) is 128 Å². The van der Waals surface area contributed by atoms with Crippen LogP contribution < -0.4 is 10.2 Å². The molecule has 0 saturated heterocycles. The molecule has 1 aromatic heterocycles. The third-order valence-corrected chi connectivity index (χ3v) is 15.4. The van der Waals surface area contributed by atoms with E-state index in [1.807, 2.05) is 0 Å². The fraction of sp³-hybridized carbons (Fsp3) is 0.415. The number of rotatable bonds is 6. The van der Waals surface area contributed by atoms with Gasteiger partial charge >= 0.3 is 25.8 Å². The number of hydrogen-bond acceptors (Lipinski definition) is 3. The van der Waals surface area contributed by atoms with Crippen LogP contribution >= 0.6 is 0 Å². The van der Waals surface area contributed by atoms with Gasteiger partial charge in [0.05, 0.1) is 11.4 Å². The Hall–Kier alpha value is -3.50. The first-order chi connectivity index (χ1) is 26.2. The van der Waals surface area contributed by atoms with Gasteiger partial charge in [-0.2, -0.15) is 0 Å². The smallest absolute Gasteiger partial charge is 0.872 e. The van der Waals surface area contributed by atoms with Gasteiger partial charge in [-0.1, -0.05) is 101 Å². The van der Waals surface area contributed by atoms with Crippen LogP contribution in [-0.2, 0) is 36.7 Å². The zero-order chi connectivity index (χ0) is 36.3. The molecule has 8 fully saturated rings. The molecule has 8 saturated carbocycles. The average molecular weight is 919 g/mol. The molecule has 8 bridgehead atoms. The van der Waals surface area contributed by atoms with E-state index in [0.29, 0.717) is 0 Å². The molecule has 3 nitrogen and oxygen atoms in total. The second-order valence-corrected chi connectivity index (χ2v) is 19.3. The van der Waals surface area contributed by atoms with Gasteiger partial charge in [-0.15, -0.1) is 0 Å². The van der Waals surface area contributed by atoms with E-state index in [1.54, 1.807) is 0 Å². The Morgan fingerprint density at radius 3 is 1.09 bits per heavy atom. The van der Waals surface area contributed by atoms with Gasteiger partial charge in [0.15, 0.2) is 0 Å². The van der Waals surface area contributed by atoms with Crippen LogP contribution in [-0.4, -0.2) is 4.98 Å². The van der Waals surface area contributed by atoms with Crippen molar-refractivity contribution >= 4 is 0 Å².